The zero-order chi connectivity index (χ0) is 25.3. The summed E-state index contributed by atoms with van der Waals surface area (Å²) in [5.74, 6) is -1.21. The molecule has 1 unspecified atom stereocenters. The number of benzene rings is 2. The van der Waals surface area contributed by atoms with Crippen molar-refractivity contribution in [2.45, 2.75) is 57.7 Å². The molecular formula is C29H32FN3O3. The number of hydrogen-bond acceptors (Lipinski definition) is 4. The van der Waals surface area contributed by atoms with Crippen LogP contribution in [0.5, 0.6) is 0 Å². The van der Waals surface area contributed by atoms with Crippen LogP contribution >= 0.6 is 0 Å². The fourth-order valence-corrected chi connectivity index (χ4v) is 4.68. The van der Waals surface area contributed by atoms with Gasteiger partial charge in [0.05, 0.1) is 12.3 Å². The van der Waals surface area contributed by atoms with Crippen molar-refractivity contribution in [2.24, 2.45) is 0 Å². The van der Waals surface area contributed by atoms with Crippen LogP contribution in [0.3, 0.4) is 0 Å². The number of nitrogens with one attached hydrogen (secondary N) is 1. The molecule has 1 heterocycles. The lowest BCUT2D eigenvalue weighted by Gasteiger charge is -2.34. The van der Waals surface area contributed by atoms with Crippen molar-refractivity contribution in [1.29, 1.82) is 0 Å². The molecule has 188 valence electrons. The molecule has 36 heavy (non-hydrogen) atoms. The first-order valence-corrected chi connectivity index (χ1v) is 12.4. The molecule has 1 fully saturated rings. The number of halogens is 1. The van der Waals surface area contributed by atoms with E-state index in [-0.39, 0.29) is 25.2 Å². The summed E-state index contributed by atoms with van der Waals surface area (Å²) >= 11 is 0. The van der Waals surface area contributed by atoms with Crippen LogP contribution < -0.4 is 10.2 Å². The summed E-state index contributed by atoms with van der Waals surface area (Å²) < 4.78 is 20.0. The van der Waals surface area contributed by atoms with E-state index >= 15 is 0 Å². The third-order valence-electron chi connectivity index (χ3n) is 6.50. The van der Waals surface area contributed by atoms with E-state index in [1.807, 2.05) is 43.3 Å². The second-order valence-electron chi connectivity index (χ2n) is 9.16. The summed E-state index contributed by atoms with van der Waals surface area (Å²) in [5.41, 5.74) is 2.54. The molecule has 2 aromatic carbocycles. The average molecular weight is 490 g/mol. The number of nitrogens with zero attached hydrogens (tertiary/aromatic N) is 2. The molecule has 1 aromatic heterocycles. The topological polar surface area (TPSA) is 71.5 Å². The quantitative estimate of drug-likeness (QED) is 0.445. The Morgan fingerprint density at radius 3 is 2.56 bits per heavy atom. The van der Waals surface area contributed by atoms with Gasteiger partial charge in [-0.25, -0.2) is 4.39 Å². The lowest BCUT2D eigenvalue weighted by molar-refractivity contribution is -0.129. The Balaban J connectivity index is 1.66. The molecule has 1 aliphatic carbocycles. The van der Waals surface area contributed by atoms with Crippen molar-refractivity contribution in [3.63, 3.8) is 0 Å². The summed E-state index contributed by atoms with van der Waals surface area (Å²) in [7, 11) is 0. The Morgan fingerprint density at radius 2 is 1.83 bits per heavy atom. The van der Waals surface area contributed by atoms with Crippen LogP contribution in [0.1, 0.15) is 55.0 Å². The highest BCUT2D eigenvalue weighted by Crippen LogP contribution is 2.31. The fourth-order valence-electron chi connectivity index (χ4n) is 4.68. The van der Waals surface area contributed by atoms with Gasteiger partial charge in [-0.2, -0.15) is 0 Å². The van der Waals surface area contributed by atoms with Crippen LogP contribution in [0.25, 0.3) is 0 Å². The molecule has 6 nitrogen and oxygen atoms in total. The number of ether oxygens (including phenoxy) is 1. The summed E-state index contributed by atoms with van der Waals surface area (Å²) in [4.78, 5) is 33.0. The third kappa shape index (κ3) is 6.55. The zero-order valence-electron chi connectivity index (χ0n) is 20.5. The lowest BCUT2D eigenvalue weighted by atomic mass is 9.93. The highest BCUT2D eigenvalue weighted by atomic mass is 19.1. The van der Waals surface area contributed by atoms with E-state index in [2.05, 4.69) is 10.3 Å². The monoisotopic (exact) mass is 489 g/mol. The molecule has 0 aliphatic heterocycles. The van der Waals surface area contributed by atoms with Gasteiger partial charge in [-0.1, -0.05) is 55.7 Å². The second-order valence-corrected chi connectivity index (χ2v) is 9.16. The molecule has 0 bridgehead atoms. The second kappa shape index (κ2) is 12.4. The molecule has 1 aliphatic rings. The van der Waals surface area contributed by atoms with Gasteiger partial charge in [-0.15, -0.1) is 0 Å². The SMILES string of the molecule is Cc1ccccc1C(C(=O)NC1CCCCC1)N(C(=O)COCc1ccccn1)c1cccc(F)c1. The molecule has 2 amide bonds. The van der Waals surface area contributed by atoms with Crippen LogP contribution in [0, 0.1) is 12.7 Å². The maximum Gasteiger partial charge on any atom is 0.254 e. The van der Waals surface area contributed by atoms with Crippen LogP contribution in [-0.2, 0) is 20.9 Å². The number of carbonyl (C=O) groups is 2. The Bertz CT molecular complexity index is 1170. The molecule has 0 spiro atoms. The van der Waals surface area contributed by atoms with Gasteiger partial charge in [-0.3, -0.25) is 19.5 Å². The van der Waals surface area contributed by atoms with Gasteiger partial charge in [0.2, 0.25) is 5.91 Å². The molecular weight excluding hydrogens is 457 g/mol. The van der Waals surface area contributed by atoms with Gasteiger partial charge in [0.1, 0.15) is 18.5 Å². The van der Waals surface area contributed by atoms with E-state index in [0.717, 1.165) is 37.7 Å². The van der Waals surface area contributed by atoms with Crippen molar-refractivity contribution in [2.75, 3.05) is 11.5 Å². The van der Waals surface area contributed by atoms with E-state index in [0.29, 0.717) is 16.9 Å². The van der Waals surface area contributed by atoms with Crippen molar-refractivity contribution in [3.8, 4) is 0 Å². The molecule has 0 saturated heterocycles. The minimum Gasteiger partial charge on any atom is -0.365 e. The van der Waals surface area contributed by atoms with E-state index < -0.39 is 17.8 Å². The number of pyridine rings is 1. The first-order chi connectivity index (χ1) is 17.5. The number of rotatable bonds is 9. The Hall–Kier alpha value is -3.58. The summed E-state index contributed by atoms with van der Waals surface area (Å²) in [5, 5.41) is 3.17. The van der Waals surface area contributed by atoms with E-state index in [4.69, 9.17) is 4.74 Å². The van der Waals surface area contributed by atoms with Crippen LogP contribution in [-0.4, -0.2) is 29.4 Å². The number of aromatic nitrogens is 1. The molecule has 7 heteroatoms. The van der Waals surface area contributed by atoms with Crippen LogP contribution in [0.4, 0.5) is 10.1 Å². The molecule has 4 rings (SSSR count). The van der Waals surface area contributed by atoms with E-state index in [1.165, 1.54) is 23.1 Å². The third-order valence-corrected chi connectivity index (χ3v) is 6.50. The van der Waals surface area contributed by atoms with Gasteiger partial charge >= 0.3 is 0 Å². The standard InChI is InChI=1S/C29H32FN3O3/c1-21-10-5-6-16-26(21)28(29(35)32-23-12-3-2-4-13-23)33(25-15-9-11-22(30)18-25)27(34)20-36-19-24-14-7-8-17-31-24/h5-11,14-18,23,28H,2-4,12-13,19-20H2,1H3,(H,32,35). The van der Waals surface area contributed by atoms with Crippen LogP contribution in [0.15, 0.2) is 72.9 Å². The van der Waals surface area contributed by atoms with Crippen molar-refractivity contribution in [3.05, 3.63) is 95.6 Å². The number of anilines is 1. The summed E-state index contributed by atoms with van der Waals surface area (Å²) in [6.45, 7) is 1.76. The summed E-state index contributed by atoms with van der Waals surface area (Å²) in [6, 6.07) is 17.8. The number of hydrogen-bond donors (Lipinski definition) is 1. The molecule has 3 aromatic rings. The highest BCUT2D eigenvalue weighted by Gasteiger charge is 2.35. The first-order valence-electron chi connectivity index (χ1n) is 12.4. The summed E-state index contributed by atoms with van der Waals surface area (Å²) in [6.07, 6.45) is 6.76. The smallest absolute Gasteiger partial charge is 0.254 e. The zero-order valence-corrected chi connectivity index (χ0v) is 20.5. The van der Waals surface area contributed by atoms with Crippen molar-refractivity contribution >= 4 is 17.5 Å². The van der Waals surface area contributed by atoms with Crippen molar-refractivity contribution < 1.29 is 18.7 Å². The average Bonchev–Trinajstić information content (AvgIpc) is 2.89. The largest absolute Gasteiger partial charge is 0.365 e. The Labute approximate surface area is 211 Å². The normalized spacial score (nSPS) is 14.7. The minimum atomic E-state index is -0.971. The minimum absolute atomic E-state index is 0.0580. The lowest BCUT2D eigenvalue weighted by Crippen LogP contribution is -2.48. The number of amides is 2. The van der Waals surface area contributed by atoms with Gasteiger partial charge in [-0.05, 0) is 61.2 Å². The van der Waals surface area contributed by atoms with Crippen molar-refractivity contribution in [1.82, 2.24) is 10.3 Å². The fraction of sp³-hybridized carbons (Fsp3) is 0.345. The van der Waals surface area contributed by atoms with E-state index in [9.17, 15) is 14.0 Å². The number of aryl methyl sites for hydroxylation is 1. The van der Waals surface area contributed by atoms with Gasteiger partial charge < -0.3 is 10.1 Å². The molecule has 1 N–H and O–H groups in total. The molecule has 1 saturated carbocycles. The first kappa shape index (κ1) is 25.5. The number of carbonyl (C=O) groups excluding carboxylic acids is 2. The van der Waals surface area contributed by atoms with Gasteiger partial charge in [0.25, 0.3) is 5.91 Å². The highest BCUT2D eigenvalue weighted by molar-refractivity contribution is 6.02. The van der Waals surface area contributed by atoms with E-state index in [1.54, 1.807) is 18.3 Å². The van der Waals surface area contributed by atoms with Gasteiger partial charge in [0.15, 0.2) is 0 Å². The Kier molecular flexibility index (Phi) is 8.79. The molecule has 1 atom stereocenters. The van der Waals surface area contributed by atoms with Crippen LogP contribution in [0.2, 0.25) is 0 Å². The maximum absolute atomic E-state index is 14.3. The Morgan fingerprint density at radius 1 is 1.06 bits per heavy atom. The van der Waals surface area contributed by atoms with Gasteiger partial charge in [0, 0.05) is 17.9 Å². The maximum atomic E-state index is 14.3. The predicted molar refractivity (Wildman–Crippen MR) is 137 cm³/mol. The molecule has 0 radical (unpaired) electrons. The predicted octanol–water partition coefficient (Wildman–Crippen LogP) is 5.27.